The summed E-state index contributed by atoms with van der Waals surface area (Å²) < 4.78 is 0. The van der Waals surface area contributed by atoms with Crippen LogP contribution in [0.4, 0.5) is 0 Å². The van der Waals surface area contributed by atoms with Crippen LogP contribution in [-0.4, -0.2) is 17.6 Å². The second kappa shape index (κ2) is 19.2. The van der Waals surface area contributed by atoms with Gasteiger partial charge in [0.1, 0.15) is 5.75 Å². The van der Waals surface area contributed by atoms with E-state index in [1.54, 1.807) is 24.3 Å². The minimum Gasteiger partial charge on any atom is -0.508 e. The Labute approximate surface area is 185 Å². The highest BCUT2D eigenvalue weighted by molar-refractivity contribution is 5.91. The Morgan fingerprint density at radius 2 is 1.30 bits per heavy atom. The molecule has 0 saturated carbocycles. The van der Waals surface area contributed by atoms with Crippen LogP contribution in [0.5, 0.6) is 5.75 Å². The molecule has 1 rings (SSSR count). The lowest BCUT2D eigenvalue weighted by atomic mass is 10.0. The number of aromatic hydroxyl groups is 1. The van der Waals surface area contributed by atoms with Crippen LogP contribution in [0.2, 0.25) is 0 Å². The summed E-state index contributed by atoms with van der Waals surface area (Å²) in [6.45, 7) is 3.02. The molecule has 0 spiro atoms. The number of carbonyl (C=O) groups is 1. The van der Waals surface area contributed by atoms with E-state index in [0.29, 0.717) is 0 Å². The number of benzene rings is 1. The molecule has 0 fully saturated rings. The molecule has 30 heavy (non-hydrogen) atoms. The average Bonchev–Trinajstić information content (AvgIpc) is 2.74. The predicted molar refractivity (Wildman–Crippen MR) is 130 cm³/mol. The van der Waals surface area contributed by atoms with Crippen molar-refractivity contribution in [1.29, 1.82) is 0 Å². The maximum atomic E-state index is 11.8. The minimum absolute atomic E-state index is 0.0701. The predicted octanol–water partition coefficient (Wildman–Crippen LogP) is 7.78. The molecule has 3 nitrogen and oxygen atoms in total. The van der Waals surface area contributed by atoms with Crippen molar-refractivity contribution in [2.45, 2.75) is 110 Å². The molecule has 0 aliphatic heterocycles. The Morgan fingerprint density at radius 1 is 0.800 bits per heavy atom. The number of amides is 1. The minimum atomic E-state index is -0.0701. The van der Waals surface area contributed by atoms with E-state index in [0.717, 1.165) is 18.5 Å². The maximum Gasteiger partial charge on any atom is 0.243 e. The first-order chi connectivity index (χ1) is 14.7. The molecular formula is C27H45NO2. The zero-order chi connectivity index (χ0) is 21.7. The van der Waals surface area contributed by atoms with Gasteiger partial charge in [-0.15, -0.1) is 0 Å². The maximum absolute atomic E-state index is 11.8. The molecule has 0 aliphatic carbocycles. The van der Waals surface area contributed by atoms with Gasteiger partial charge in [-0.3, -0.25) is 4.79 Å². The van der Waals surface area contributed by atoms with Gasteiger partial charge < -0.3 is 10.4 Å². The molecule has 0 unspecified atom stereocenters. The van der Waals surface area contributed by atoms with E-state index >= 15 is 0 Å². The number of carbonyl (C=O) groups excluding carboxylic acids is 1. The molecule has 1 aromatic carbocycles. The van der Waals surface area contributed by atoms with E-state index in [-0.39, 0.29) is 11.7 Å². The van der Waals surface area contributed by atoms with Crippen LogP contribution in [0, 0.1) is 0 Å². The second-order valence-corrected chi connectivity index (χ2v) is 8.52. The van der Waals surface area contributed by atoms with Gasteiger partial charge >= 0.3 is 0 Å². The van der Waals surface area contributed by atoms with Crippen LogP contribution in [0.15, 0.2) is 30.3 Å². The Kier molecular flexibility index (Phi) is 16.8. The lowest BCUT2D eigenvalue weighted by Gasteiger charge is -2.04. The smallest absolute Gasteiger partial charge is 0.243 e. The highest BCUT2D eigenvalue weighted by atomic mass is 16.3. The number of hydrogen-bond acceptors (Lipinski definition) is 2. The largest absolute Gasteiger partial charge is 0.508 e. The summed E-state index contributed by atoms with van der Waals surface area (Å²) in [5.41, 5.74) is 0.826. The zero-order valence-electron chi connectivity index (χ0n) is 19.3. The van der Waals surface area contributed by atoms with Crippen molar-refractivity contribution >= 4 is 12.0 Å². The monoisotopic (exact) mass is 415 g/mol. The normalized spacial score (nSPS) is 11.2. The molecule has 0 aromatic heterocycles. The Hall–Kier alpha value is -1.77. The van der Waals surface area contributed by atoms with E-state index in [9.17, 15) is 9.90 Å². The summed E-state index contributed by atoms with van der Waals surface area (Å²) >= 11 is 0. The second-order valence-electron chi connectivity index (χ2n) is 8.52. The zero-order valence-corrected chi connectivity index (χ0v) is 19.3. The summed E-state index contributed by atoms with van der Waals surface area (Å²) in [4.78, 5) is 11.8. The molecule has 0 atom stereocenters. The van der Waals surface area contributed by atoms with Gasteiger partial charge in [-0.1, -0.05) is 115 Å². The summed E-state index contributed by atoms with van der Waals surface area (Å²) in [6.07, 6.45) is 25.0. The standard InChI is InChI=1S/C27H45NO2/c1-2-3-4-5-6-7-8-9-10-11-12-13-14-15-16-17-23-28-27(30)22-21-25-19-18-20-26(29)24-25/h18-22,24,29H,2-17,23H2,1H3,(H,28,30)/b22-21+. The van der Waals surface area contributed by atoms with Crippen molar-refractivity contribution in [2.24, 2.45) is 0 Å². The summed E-state index contributed by atoms with van der Waals surface area (Å²) in [7, 11) is 0. The van der Waals surface area contributed by atoms with Gasteiger partial charge in [0, 0.05) is 12.6 Å². The van der Waals surface area contributed by atoms with Crippen LogP contribution in [0.3, 0.4) is 0 Å². The highest BCUT2D eigenvalue weighted by Gasteiger charge is 1.97. The van der Waals surface area contributed by atoms with Gasteiger partial charge in [-0.05, 0) is 30.2 Å². The highest BCUT2D eigenvalue weighted by Crippen LogP contribution is 2.14. The number of nitrogens with one attached hydrogen (secondary N) is 1. The molecule has 0 heterocycles. The average molecular weight is 416 g/mol. The van der Waals surface area contributed by atoms with Gasteiger partial charge in [0.2, 0.25) is 5.91 Å². The summed E-state index contributed by atoms with van der Waals surface area (Å²) in [5, 5.41) is 12.3. The van der Waals surface area contributed by atoms with Crippen LogP contribution >= 0.6 is 0 Å². The lowest BCUT2D eigenvalue weighted by Crippen LogP contribution is -2.21. The van der Waals surface area contributed by atoms with Gasteiger partial charge in [0.25, 0.3) is 0 Å². The number of hydrogen-bond donors (Lipinski definition) is 2. The first kappa shape index (κ1) is 26.3. The molecule has 1 aromatic rings. The molecule has 3 heteroatoms. The fourth-order valence-electron chi connectivity index (χ4n) is 3.74. The van der Waals surface area contributed by atoms with Crippen molar-refractivity contribution in [3.8, 4) is 5.75 Å². The molecule has 2 N–H and O–H groups in total. The summed E-state index contributed by atoms with van der Waals surface area (Å²) in [5.74, 6) is 0.144. The Morgan fingerprint density at radius 3 is 1.80 bits per heavy atom. The van der Waals surface area contributed by atoms with Crippen LogP contribution in [-0.2, 0) is 4.79 Å². The molecule has 0 bridgehead atoms. The van der Waals surface area contributed by atoms with Crippen molar-refractivity contribution in [3.05, 3.63) is 35.9 Å². The SMILES string of the molecule is CCCCCCCCCCCCCCCCCCNC(=O)/C=C/c1cccc(O)c1. The third kappa shape index (κ3) is 16.1. The first-order valence-electron chi connectivity index (χ1n) is 12.5. The van der Waals surface area contributed by atoms with E-state index in [1.807, 2.05) is 6.07 Å². The van der Waals surface area contributed by atoms with E-state index in [2.05, 4.69) is 12.2 Å². The van der Waals surface area contributed by atoms with E-state index in [1.165, 1.54) is 102 Å². The van der Waals surface area contributed by atoms with Gasteiger partial charge in [-0.25, -0.2) is 0 Å². The van der Waals surface area contributed by atoms with Crippen LogP contribution in [0.1, 0.15) is 115 Å². The van der Waals surface area contributed by atoms with Crippen molar-refractivity contribution < 1.29 is 9.90 Å². The van der Waals surface area contributed by atoms with Crippen molar-refractivity contribution in [3.63, 3.8) is 0 Å². The number of unbranched alkanes of at least 4 members (excludes halogenated alkanes) is 15. The lowest BCUT2D eigenvalue weighted by molar-refractivity contribution is -0.116. The van der Waals surface area contributed by atoms with Gasteiger partial charge in [0.05, 0.1) is 0 Å². The fourth-order valence-corrected chi connectivity index (χ4v) is 3.74. The molecule has 0 aliphatic rings. The summed E-state index contributed by atoms with van der Waals surface area (Å²) in [6, 6.07) is 6.89. The van der Waals surface area contributed by atoms with E-state index in [4.69, 9.17) is 0 Å². The fraction of sp³-hybridized carbons (Fsp3) is 0.667. The molecule has 0 radical (unpaired) electrons. The third-order valence-electron chi connectivity index (χ3n) is 5.63. The Bertz CT molecular complexity index is 568. The quantitative estimate of drug-likeness (QED) is 0.179. The van der Waals surface area contributed by atoms with Crippen LogP contribution < -0.4 is 5.32 Å². The van der Waals surface area contributed by atoms with Crippen molar-refractivity contribution in [1.82, 2.24) is 5.32 Å². The third-order valence-corrected chi connectivity index (χ3v) is 5.63. The van der Waals surface area contributed by atoms with E-state index < -0.39 is 0 Å². The molecule has 170 valence electrons. The number of phenols is 1. The molecule has 1 amide bonds. The van der Waals surface area contributed by atoms with Crippen LogP contribution in [0.25, 0.3) is 6.08 Å². The van der Waals surface area contributed by atoms with Gasteiger partial charge in [-0.2, -0.15) is 0 Å². The van der Waals surface area contributed by atoms with Crippen molar-refractivity contribution in [2.75, 3.05) is 6.54 Å². The first-order valence-corrected chi connectivity index (χ1v) is 12.5. The number of phenolic OH excluding ortho intramolecular Hbond substituents is 1. The molecule has 0 saturated heterocycles. The van der Waals surface area contributed by atoms with Gasteiger partial charge in [0.15, 0.2) is 0 Å². The number of rotatable bonds is 19. The molecular weight excluding hydrogens is 370 g/mol. The Balaban J connectivity index is 1.81. The topological polar surface area (TPSA) is 49.3 Å².